The quantitative estimate of drug-likeness (QED) is 0.244. The van der Waals surface area contributed by atoms with Crippen LogP contribution >= 0.6 is 0 Å². The van der Waals surface area contributed by atoms with Crippen LogP contribution in [0, 0.1) is 22.6 Å². The fraction of sp³-hybridized carbons (Fsp3) is 0.222. The summed E-state index contributed by atoms with van der Waals surface area (Å²) in [4.78, 5) is 8.84. The Hall–Kier alpha value is -4.86. The highest BCUT2D eigenvalue weighted by atomic mass is 19.1. The van der Waals surface area contributed by atoms with Gasteiger partial charge in [0.05, 0.1) is 30.3 Å². The summed E-state index contributed by atoms with van der Waals surface area (Å²) in [5.74, 6) is 1.33. The highest BCUT2D eigenvalue weighted by molar-refractivity contribution is 5.92. The molecule has 1 atom stereocenters. The van der Waals surface area contributed by atoms with Crippen molar-refractivity contribution in [1.29, 1.82) is 10.7 Å². The minimum absolute atomic E-state index is 0.0448. The molecule has 0 amide bonds. The van der Waals surface area contributed by atoms with Crippen molar-refractivity contribution >= 4 is 17.6 Å². The molecule has 39 heavy (non-hydrogen) atoms. The minimum Gasteiger partial charge on any atom is -0.489 e. The molecule has 1 unspecified atom stereocenters. The Balaban J connectivity index is 1.27. The molecule has 12 heteroatoms. The van der Waals surface area contributed by atoms with E-state index in [0.717, 1.165) is 36.6 Å². The third kappa shape index (κ3) is 6.35. The molecule has 0 spiro atoms. The van der Waals surface area contributed by atoms with Crippen LogP contribution in [0.2, 0.25) is 0 Å². The largest absolute Gasteiger partial charge is 0.489 e. The molecule has 4 N–H and O–H groups in total. The third-order valence-corrected chi connectivity index (χ3v) is 6.03. The van der Waals surface area contributed by atoms with Crippen LogP contribution in [0.25, 0.3) is 11.4 Å². The van der Waals surface area contributed by atoms with Crippen molar-refractivity contribution in [2.45, 2.75) is 12.6 Å². The molecule has 3 aromatic rings. The van der Waals surface area contributed by atoms with Crippen LogP contribution in [0.15, 0.2) is 78.4 Å². The van der Waals surface area contributed by atoms with Gasteiger partial charge in [0.25, 0.3) is 0 Å². The number of rotatable bonds is 9. The number of nitrogens with one attached hydrogen (secondary N) is 4. The summed E-state index contributed by atoms with van der Waals surface area (Å²) >= 11 is 0. The molecule has 2 aliphatic rings. The zero-order valence-electron chi connectivity index (χ0n) is 20.9. The molecule has 11 nitrogen and oxygen atoms in total. The SMILES string of the molecule is N#C/C(C=N)=C1/NC=C(OCC2CNCCO2)C=C1c1ccc(NCc2ccc(-n3cc(F)cn3)nc2)nc1. The Morgan fingerprint density at radius 1 is 1.28 bits per heavy atom. The van der Waals surface area contributed by atoms with Gasteiger partial charge in [-0.05, 0) is 29.8 Å². The number of hydrogen-bond acceptors (Lipinski definition) is 10. The highest BCUT2D eigenvalue weighted by Crippen LogP contribution is 2.29. The predicted octanol–water partition coefficient (Wildman–Crippen LogP) is 2.67. The molecule has 5 rings (SSSR count). The standard InChI is InChI=1S/C27H26FN9O2/c28-21-13-36-37(16-21)26-4-1-18(11-34-26)10-32-25-3-2-19(12-33-25)24-7-22(15-35-27(24)20(8-29)9-30)39-17-23-14-31-5-6-38-23/h1-4,7-8,11-13,15-16,23,29,31,35H,5-6,10,14,17H2,(H,32,33)/b27-20+,29-8?. The number of dihydropyridines is 1. The molecular formula is C27H26FN9O2. The van der Waals surface area contributed by atoms with Gasteiger partial charge in [0.2, 0.25) is 0 Å². The Kier molecular flexibility index (Phi) is 8.01. The molecular weight excluding hydrogens is 501 g/mol. The van der Waals surface area contributed by atoms with Crippen molar-refractivity contribution in [2.75, 3.05) is 31.6 Å². The summed E-state index contributed by atoms with van der Waals surface area (Å²) in [6.07, 6.45) is 10.2. The molecule has 0 aromatic carbocycles. The lowest BCUT2D eigenvalue weighted by Crippen LogP contribution is -2.41. The molecule has 5 heterocycles. The molecule has 0 radical (unpaired) electrons. The summed E-state index contributed by atoms with van der Waals surface area (Å²) in [5.41, 5.74) is 3.04. The molecule has 1 fully saturated rings. The molecule has 198 valence electrons. The van der Waals surface area contributed by atoms with Gasteiger partial charge in [-0.1, -0.05) is 6.07 Å². The number of aromatic nitrogens is 4. The minimum atomic E-state index is -0.424. The molecule has 0 aliphatic carbocycles. The number of allylic oxidation sites excluding steroid dienone is 3. The van der Waals surface area contributed by atoms with Crippen LogP contribution in [-0.2, 0) is 16.0 Å². The fourth-order valence-electron chi connectivity index (χ4n) is 4.02. The van der Waals surface area contributed by atoms with E-state index in [-0.39, 0.29) is 11.7 Å². The van der Waals surface area contributed by atoms with E-state index < -0.39 is 5.82 Å². The van der Waals surface area contributed by atoms with Gasteiger partial charge in [0.15, 0.2) is 11.6 Å². The average molecular weight is 528 g/mol. The first kappa shape index (κ1) is 25.8. The lowest BCUT2D eigenvalue weighted by atomic mass is 9.98. The van der Waals surface area contributed by atoms with Crippen LogP contribution in [0.3, 0.4) is 0 Å². The van der Waals surface area contributed by atoms with Crippen molar-refractivity contribution in [3.63, 3.8) is 0 Å². The van der Waals surface area contributed by atoms with Crippen LogP contribution in [-0.4, -0.2) is 58.4 Å². The van der Waals surface area contributed by atoms with Gasteiger partial charge in [-0.15, -0.1) is 0 Å². The summed E-state index contributed by atoms with van der Waals surface area (Å²) in [6.45, 7) is 3.06. The number of ether oxygens (including phenoxy) is 2. The maximum atomic E-state index is 13.2. The summed E-state index contributed by atoms with van der Waals surface area (Å²) in [6, 6.07) is 9.41. The Morgan fingerprint density at radius 2 is 2.21 bits per heavy atom. The third-order valence-electron chi connectivity index (χ3n) is 6.03. The van der Waals surface area contributed by atoms with E-state index in [1.807, 2.05) is 24.3 Å². The summed E-state index contributed by atoms with van der Waals surface area (Å²) in [7, 11) is 0. The van der Waals surface area contributed by atoms with Gasteiger partial charge in [-0.3, -0.25) is 0 Å². The number of morpholine rings is 1. The van der Waals surface area contributed by atoms with Crippen LogP contribution in [0.5, 0.6) is 0 Å². The van der Waals surface area contributed by atoms with Crippen molar-refractivity contribution in [3.05, 3.63) is 95.3 Å². The van der Waals surface area contributed by atoms with E-state index in [1.165, 1.54) is 10.9 Å². The highest BCUT2D eigenvalue weighted by Gasteiger charge is 2.20. The maximum absolute atomic E-state index is 13.2. The predicted molar refractivity (Wildman–Crippen MR) is 142 cm³/mol. The van der Waals surface area contributed by atoms with Crippen molar-refractivity contribution in [2.24, 2.45) is 0 Å². The van der Waals surface area contributed by atoms with E-state index in [2.05, 4.69) is 37.1 Å². The second kappa shape index (κ2) is 12.1. The van der Waals surface area contributed by atoms with Crippen LogP contribution < -0.4 is 16.0 Å². The van der Waals surface area contributed by atoms with Gasteiger partial charge in [-0.2, -0.15) is 10.4 Å². The second-order valence-corrected chi connectivity index (χ2v) is 8.72. The monoisotopic (exact) mass is 527 g/mol. The first-order valence-corrected chi connectivity index (χ1v) is 12.3. The number of anilines is 1. The average Bonchev–Trinajstić information content (AvgIpc) is 3.43. The number of halogens is 1. The topological polar surface area (TPSA) is 146 Å². The van der Waals surface area contributed by atoms with E-state index in [9.17, 15) is 9.65 Å². The Morgan fingerprint density at radius 3 is 2.87 bits per heavy atom. The lowest BCUT2D eigenvalue weighted by Gasteiger charge is -2.25. The number of nitrogens with zero attached hydrogens (tertiary/aromatic N) is 5. The fourth-order valence-corrected chi connectivity index (χ4v) is 4.02. The second-order valence-electron chi connectivity index (χ2n) is 8.72. The first-order valence-electron chi connectivity index (χ1n) is 12.3. The zero-order chi connectivity index (χ0) is 27.0. The number of hydrogen-bond donors (Lipinski definition) is 4. The van der Waals surface area contributed by atoms with E-state index >= 15 is 0 Å². The molecule has 3 aromatic heterocycles. The summed E-state index contributed by atoms with van der Waals surface area (Å²) < 4.78 is 26.2. The smallest absolute Gasteiger partial charge is 0.161 e. The van der Waals surface area contributed by atoms with Gasteiger partial charge in [0.1, 0.15) is 30.4 Å². The number of nitriles is 1. The normalized spacial score (nSPS) is 18.2. The van der Waals surface area contributed by atoms with Gasteiger partial charge in [-0.25, -0.2) is 19.0 Å². The van der Waals surface area contributed by atoms with Gasteiger partial charge < -0.3 is 30.8 Å². The van der Waals surface area contributed by atoms with Gasteiger partial charge >= 0.3 is 0 Å². The molecule has 0 bridgehead atoms. The van der Waals surface area contributed by atoms with Crippen molar-refractivity contribution in [3.8, 4) is 11.9 Å². The van der Waals surface area contributed by atoms with E-state index in [1.54, 1.807) is 24.7 Å². The zero-order valence-corrected chi connectivity index (χ0v) is 20.9. The molecule has 2 aliphatic heterocycles. The molecule has 0 saturated carbocycles. The number of pyridine rings is 2. The van der Waals surface area contributed by atoms with Crippen LogP contribution in [0.1, 0.15) is 11.1 Å². The van der Waals surface area contributed by atoms with Gasteiger partial charge in [0, 0.05) is 55.6 Å². The Labute approximate surface area is 224 Å². The van der Waals surface area contributed by atoms with Crippen LogP contribution in [0.4, 0.5) is 10.2 Å². The van der Waals surface area contributed by atoms with E-state index in [4.69, 9.17) is 14.9 Å². The van der Waals surface area contributed by atoms with Crippen molar-refractivity contribution < 1.29 is 13.9 Å². The van der Waals surface area contributed by atoms with Crippen molar-refractivity contribution in [1.82, 2.24) is 30.4 Å². The molecule has 1 saturated heterocycles. The Bertz CT molecular complexity index is 1450. The maximum Gasteiger partial charge on any atom is 0.161 e. The lowest BCUT2D eigenvalue weighted by molar-refractivity contribution is -0.0139. The van der Waals surface area contributed by atoms with E-state index in [0.29, 0.717) is 48.4 Å². The summed E-state index contributed by atoms with van der Waals surface area (Å²) in [5, 5.41) is 30.7. The first-order chi connectivity index (χ1) is 19.1.